The number of methoxy groups -OCH3 is 1. The number of halogens is 1. The van der Waals surface area contributed by atoms with Crippen LogP contribution in [-0.2, 0) is 5.75 Å². The first-order valence-electron chi connectivity index (χ1n) is 5.16. The van der Waals surface area contributed by atoms with E-state index in [4.69, 9.17) is 4.74 Å². The molecule has 0 aliphatic carbocycles. The van der Waals surface area contributed by atoms with E-state index in [0.717, 1.165) is 21.0 Å². The predicted molar refractivity (Wildman–Crippen MR) is 74.5 cm³/mol. The maximum atomic E-state index is 5.22. The minimum absolute atomic E-state index is 0.870. The van der Waals surface area contributed by atoms with E-state index in [1.165, 1.54) is 5.56 Å². The summed E-state index contributed by atoms with van der Waals surface area (Å²) < 4.78 is 6.31. The number of rotatable bonds is 4. The van der Waals surface area contributed by atoms with E-state index in [0.29, 0.717) is 0 Å². The Kier molecular flexibility index (Phi) is 4.45. The predicted octanol–water partition coefficient (Wildman–Crippen LogP) is 4.15. The summed E-state index contributed by atoms with van der Waals surface area (Å²) in [6, 6.07) is 11.9. The molecule has 0 atom stereocenters. The zero-order chi connectivity index (χ0) is 12.1. The van der Waals surface area contributed by atoms with Crippen LogP contribution in [0.4, 0.5) is 0 Å². The van der Waals surface area contributed by atoms with Gasteiger partial charge in [-0.3, -0.25) is 0 Å². The summed E-state index contributed by atoms with van der Waals surface area (Å²) in [5, 5.41) is 1.03. The van der Waals surface area contributed by atoms with Crippen molar-refractivity contribution in [1.29, 1.82) is 0 Å². The molecule has 2 aromatic rings. The number of ether oxygens (including phenoxy) is 1. The lowest BCUT2D eigenvalue weighted by molar-refractivity contribution is 0.414. The Bertz CT molecular complexity index is 490. The highest BCUT2D eigenvalue weighted by molar-refractivity contribution is 9.10. The highest BCUT2D eigenvalue weighted by Gasteiger charge is 2.03. The van der Waals surface area contributed by atoms with Gasteiger partial charge in [0.1, 0.15) is 5.75 Å². The summed E-state index contributed by atoms with van der Waals surface area (Å²) in [4.78, 5) is 4.28. The van der Waals surface area contributed by atoms with Gasteiger partial charge in [0.05, 0.1) is 12.1 Å². The average Bonchev–Trinajstić information content (AvgIpc) is 2.39. The van der Waals surface area contributed by atoms with Crippen LogP contribution in [0.1, 0.15) is 5.56 Å². The molecule has 17 heavy (non-hydrogen) atoms. The minimum atomic E-state index is 0.870. The first kappa shape index (κ1) is 12.5. The molecule has 4 heteroatoms. The number of pyridine rings is 1. The number of hydrogen-bond acceptors (Lipinski definition) is 3. The first-order chi connectivity index (χ1) is 8.29. The normalized spacial score (nSPS) is 10.2. The van der Waals surface area contributed by atoms with Gasteiger partial charge in [-0.1, -0.05) is 22.0 Å². The average molecular weight is 310 g/mol. The van der Waals surface area contributed by atoms with Gasteiger partial charge in [0.25, 0.3) is 0 Å². The molecule has 0 saturated heterocycles. The Labute approximate surface area is 114 Å². The molecular formula is C13H12BrNOS. The standard InChI is InChI=1S/C13H12BrNOS/c1-16-11-5-6-12(14)10(8-11)9-17-13-4-2-3-7-15-13/h2-8H,9H2,1H3. The van der Waals surface area contributed by atoms with Crippen LogP contribution < -0.4 is 4.74 Å². The molecule has 88 valence electrons. The van der Waals surface area contributed by atoms with E-state index in [2.05, 4.69) is 20.9 Å². The van der Waals surface area contributed by atoms with Crippen molar-refractivity contribution in [2.45, 2.75) is 10.8 Å². The Morgan fingerprint density at radius 2 is 2.18 bits per heavy atom. The summed E-state index contributed by atoms with van der Waals surface area (Å²) in [5.41, 5.74) is 1.21. The number of aromatic nitrogens is 1. The van der Waals surface area contributed by atoms with E-state index in [9.17, 15) is 0 Å². The van der Waals surface area contributed by atoms with Crippen molar-refractivity contribution in [2.75, 3.05) is 7.11 Å². The molecule has 1 aromatic carbocycles. The monoisotopic (exact) mass is 309 g/mol. The van der Waals surface area contributed by atoms with E-state index in [1.807, 2.05) is 42.6 Å². The topological polar surface area (TPSA) is 22.1 Å². The second-order valence-electron chi connectivity index (χ2n) is 3.41. The van der Waals surface area contributed by atoms with E-state index in [-0.39, 0.29) is 0 Å². The molecule has 0 fully saturated rings. The van der Waals surface area contributed by atoms with E-state index < -0.39 is 0 Å². The van der Waals surface area contributed by atoms with Gasteiger partial charge in [-0.2, -0.15) is 0 Å². The molecule has 0 N–H and O–H groups in total. The van der Waals surface area contributed by atoms with Crippen molar-refractivity contribution in [2.24, 2.45) is 0 Å². The third-order valence-corrected chi connectivity index (χ3v) is 4.03. The number of hydrogen-bond donors (Lipinski definition) is 0. The molecule has 0 spiro atoms. The molecule has 1 aromatic heterocycles. The highest BCUT2D eigenvalue weighted by atomic mass is 79.9. The van der Waals surface area contributed by atoms with Gasteiger partial charge in [0.2, 0.25) is 0 Å². The second kappa shape index (κ2) is 6.07. The Morgan fingerprint density at radius 3 is 2.88 bits per heavy atom. The summed E-state index contributed by atoms with van der Waals surface area (Å²) in [7, 11) is 1.68. The third-order valence-electron chi connectivity index (χ3n) is 2.27. The largest absolute Gasteiger partial charge is 0.497 e. The lowest BCUT2D eigenvalue weighted by atomic mass is 10.2. The molecule has 0 unspecified atom stereocenters. The van der Waals surface area contributed by atoms with Crippen LogP contribution in [-0.4, -0.2) is 12.1 Å². The Morgan fingerprint density at radius 1 is 1.29 bits per heavy atom. The van der Waals surface area contributed by atoms with Gasteiger partial charge in [-0.25, -0.2) is 4.98 Å². The van der Waals surface area contributed by atoms with Crippen LogP contribution >= 0.6 is 27.7 Å². The van der Waals surface area contributed by atoms with E-state index >= 15 is 0 Å². The van der Waals surface area contributed by atoms with E-state index in [1.54, 1.807) is 18.9 Å². The van der Waals surface area contributed by atoms with Gasteiger partial charge in [-0.15, -0.1) is 11.8 Å². The van der Waals surface area contributed by atoms with Gasteiger partial charge < -0.3 is 4.74 Å². The summed E-state index contributed by atoms with van der Waals surface area (Å²) >= 11 is 5.25. The third kappa shape index (κ3) is 3.48. The molecule has 2 nitrogen and oxygen atoms in total. The minimum Gasteiger partial charge on any atom is -0.497 e. The zero-order valence-corrected chi connectivity index (χ0v) is 11.8. The summed E-state index contributed by atoms with van der Waals surface area (Å²) in [6.07, 6.45) is 1.81. The van der Waals surface area contributed by atoms with Crippen molar-refractivity contribution in [1.82, 2.24) is 4.98 Å². The van der Waals surface area contributed by atoms with Crippen molar-refractivity contribution < 1.29 is 4.74 Å². The maximum absolute atomic E-state index is 5.22. The van der Waals surface area contributed by atoms with Crippen LogP contribution in [0, 0.1) is 0 Å². The van der Waals surface area contributed by atoms with Crippen molar-refractivity contribution in [3.05, 3.63) is 52.6 Å². The van der Waals surface area contributed by atoms with Crippen molar-refractivity contribution >= 4 is 27.7 Å². The van der Waals surface area contributed by atoms with Gasteiger partial charge in [0.15, 0.2) is 0 Å². The number of nitrogens with zero attached hydrogens (tertiary/aromatic N) is 1. The maximum Gasteiger partial charge on any atom is 0.119 e. The fraction of sp³-hybridized carbons (Fsp3) is 0.154. The smallest absolute Gasteiger partial charge is 0.119 e. The van der Waals surface area contributed by atoms with Crippen LogP contribution in [0.25, 0.3) is 0 Å². The van der Waals surface area contributed by atoms with Crippen LogP contribution in [0.5, 0.6) is 5.75 Å². The van der Waals surface area contributed by atoms with Gasteiger partial charge in [0, 0.05) is 16.4 Å². The second-order valence-corrected chi connectivity index (χ2v) is 5.26. The lowest BCUT2D eigenvalue weighted by Crippen LogP contribution is -1.88. The molecule has 0 saturated carbocycles. The molecule has 1 heterocycles. The number of benzene rings is 1. The van der Waals surface area contributed by atoms with Crippen molar-refractivity contribution in [3.63, 3.8) is 0 Å². The van der Waals surface area contributed by atoms with Crippen LogP contribution in [0.3, 0.4) is 0 Å². The molecule has 0 aliphatic rings. The Hall–Kier alpha value is -1.00. The first-order valence-corrected chi connectivity index (χ1v) is 6.93. The lowest BCUT2D eigenvalue weighted by Gasteiger charge is -2.06. The summed E-state index contributed by atoms with van der Waals surface area (Å²) in [5.74, 6) is 1.75. The highest BCUT2D eigenvalue weighted by Crippen LogP contribution is 2.28. The summed E-state index contributed by atoms with van der Waals surface area (Å²) in [6.45, 7) is 0. The molecule has 0 radical (unpaired) electrons. The number of thioether (sulfide) groups is 1. The van der Waals surface area contributed by atoms with Crippen molar-refractivity contribution in [3.8, 4) is 5.75 Å². The fourth-order valence-corrected chi connectivity index (χ4v) is 2.80. The molecule has 0 amide bonds. The van der Waals surface area contributed by atoms with Gasteiger partial charge >= 0.3 is 0 Å². The molecular weight excluding hydrogens is 298 g/mol. The molecule has 0 bridgehead atoms. The Balaban J connectivity index is 2.08. The fourth-order valence-electron chi connectivity index (χ4n) is 1.37. The molecule has 0 aliphatic heterocycles. The zero-order valence-electron chi connectivity index (χ0n) is 9.39. The van der Waals surface area contributed by atoms with Gasteiger partial charge in [-0.05, 0) is 35.9 Å². The van der Waals surface area contributed by atoms with Crippen LogP contribution in [0.15, 0.2) is 52.1 Å². The van der Waals surface area contributed by atoms with Crippen LogP contribution in [0.2, 0.25) is 0 Å². The molecule has 2 rings (SSSR count). The quantitative estimate of drug-likeness (QED) is 0.792. The SMILES string of the molecule is COc1ccc(Br)c(CSc2ccccn2)c1.